The first kappa shape index (κ1) is 29.1. The number of hydrogen-bond donors (Lipinski definition) is 2. The van der Waals surface area contributed by atoms with Crippen LogP contribution >= 0.6 is 0 Å². The molecule has 4 rings (SSSR count). The van der Waals surface area contributed by atoms with E-state index < -0.39 is 48.6 Å². The van der Waals surface area contributed by atoms with Gasteiger partial charge in [0, 0.05) is 17.4 Å². The molecule has 0 atom stereocenters. The van der Waals surface area contributed by atoms with Crippen molar-refractivity contribution in [3.8, 4) is 5.88 Å². The first-order chi connectivity index (χ1) is 16.6. The van der Waals surface area contributed by atoms with Crippen LogP contribution in [0.3, 0.4) is 0 Å². The number of benzene rings is 1. The summed E-state index contributed by atoms with van der Waals surface area (Å²) in [6.07, 6.45) is 2.70. The van der Waals surface area contributed by atoms with Gasteiger partial charge in [-0.15, -0.1) is 4.40 Å². The van der Waals surface area contributed by atoms with Crippen LogP contribution < -0.4 is 50.1 Å². The Bertz CT molecular complexity index is 1710. The fourth-order valence-electron chi connectivity index (χ4n) is 3.87. The monoisotopic (exact) mass is 558 g/mol. The molecule has 1 aromatic carbocycles. The van der Waals surface area contributed by atoms with Crippen LogP contribution in [-0.2, 0) is 26.5 Å². The van der Waals surface area contributed by atoms with E-state index in [2.05, 4.69) is 14.4 Å². The van der Waals surface area contributed by atoms with Crippen LogP contribution in [0.25, 0.3) is 5.52 Å². The molecule has 0 radical (unpaired) electrons. The third kappa shape index (κ3) is 6.17. The normalized spacial score (nSPS) is 14.8. The molecule has 2 N–H and O–H groups in total. The van der Waals surface area contributed by atoms with E-state index in [1.165, 1.54) is 18.2 Å². The maximum atomic E-state index is 14.0. The van der Waals surface area contributed by atoms with E-state index in [1.807, 2.05) is 20.8 Å². The minimum absolute atomic E-state index is 0. The van der Waals surface area contributed by atoms with Gasteiger partial charge in [-0.3, -0.25) is 9.52 Å². The van der Waals surface area contributed by atoms with Gasteiger partial charge in [0.2, 0.25) is 10.0 Å². The number of aromatic nitrogens is 1. The molecule has 0 spiro atoms. The molecule has 0 unspecified atom stereocenters. The van der Waals surface area contributed by atoms with Gasteiger partial charge in [-0.05, 0) is 54.5 Å². The van der Waals surface area contributed by atoms with E-state index in [-0.39, 0.29) is 68.7 Å². The number of halogens is 1. The Hall–Kier alpha value is -2.45. The van der Waals surface area contributed by atoms with Crippen LogP contribution in [0, 0.1) is 11.2 Å². The molecule has 3 heterocycles. The third-order valence-electron chi connectivity index (χ3n) is 5.54. The van der Waals surface area contributed by atoms with Crippen LogP contribution in [0.2, 0.25) is 0 Å². The van der Waals surface area contributed by atoms with E-state index in [9.17, 15) is 31.1 Å². The van der Waals surface area contributed by atoms with E-state index in [1.54, 1.807) is 0 Å². The number of aryl methyl sites for hydroxylation is 1. The number of amidine groups is 1. The van der Waals surface area contributed by atoms with Crippen molar-refractivity contribution in [2.75, 3.05) is 16.3 Å². The Morgan fingerprint density at radius 1 is 1.19 bits per heavy atom. The number of nitrogens with one attached hydrogen (secondary N) is 2. The molecule has 192 valence electrons. The number of fused-ring (bicyclic) bond motifs is 2. The van der Waals surface area contributed by atoms with Gasteiger partial charge < -0.3 is 14.8 Å². The Morgan fingerprint density at radius 3 is 2.49 bits per heavy atom. The minimum atomic E-state index is -4.43. The molecule has 0 bridgehead atoms. The quantitative estimate of drug-likeness (QED) is 0.398. The van der Waals surface area contributed by atoms with Crippen molar-refractivity contribution in [2.45, 2.75) is 38.5 Å². The largest absolute Gasteiger partial charge is 1.00 e. The number of pyridine rings is 2. The maximum absolute atomic E-state index is 14.0. The van der Waals surface area contributed by atoms with Gasteiger partial charge in [0.1, 0.15) is 10.7 Å². The van der Waals surface area contributed by atoms with Crippen LogP contribution in [-0.4, -0.2) is 33.3 Å². The fraction of sp³-hybridized carbons (Fsp3) is 0.304. The number of nitrogens with zero attached hydrogens (tertiary/aromatic N) is 2. The molecule has 0 saturated carbocycles. The zero-order chi connectivity index (χ0) is 26.6. The SMILES string of the molecule is CC(C)(C)CCc1c(=O)c(C2=NS(=O)(=O)c3cc(NS(C)(=O)=O)ccc3N2)c([O-])n2cc(F)ccc12.[Na+]. The molecular formula is C23H24FN4NaO6S2. The number of hydrogen-bond acceptors (Lipinski definition) is 7. The van der Waals surface area contributed by atoms with Crippen molar-refractivity contribution < 1.29 is 55.9 Å². The third-order valence-corrected chi connectivity index (χ3v) is 7.47. The zero-order valence-corrected chi connectivity index (χ0v) is 24.5. The van der Waals surface area contributed by atoms with Crippen molar-refractivity contribution in [3.05, 3.63) is 63.7 Å². The van der Waals surface area contributed by atoms with Crippen molar-refractivity contribution in [3.63, 3.8) is 0 Å². The number of anilines is 2. The Balaban J connectivity index is 0.00000380. The van der Waals surface area contributed by atoms with Crippen LogP contribution in [0.5, 0.6) is 5.88 Å². The molecule has 0 amide bonds. The smallest absolute Gasteiger partial charge is 0.859 e. The van der Waals surface area contributed by atoms with Gasteiger partial charge in [0.25, 0.3) is 10.0 Å². The van der Waals surface area contributed by atoms with E-state index in [0.717, 1.165) is 29.0 Å². The summed E-state index contributed by atoms with van der Waals surface area (Å²) in [4.78, 5) is 13.2. The Morgan fingerprint density at radius 2 is 1.86 bits per heavy atom. The van der Waals surface area contributed by atoms with Gasteiger partial charge >= 0.3 is 29.6 Å². The average molecular weight is 559 g/mol. The molecule has 3 aromatic rings. The van der Waals surface area contributed by atoms with Crippen molar-refractivity contribution in [1.82, 2.24) is 4.40 Å². The summed E-state index contributed by atoms with van der Waals surface area (Å²) in [7, 11) is -8.10. The van der Waals surface area contributed by atoms with Crippen LogP contribution in [0.1, 0.15) is 38.3 Å². The Kier molecular flexibility index (Phi) is 7.89. The van der Waals surface area contributed by atoms with Gasteiger partial charge in [-0.2, -0.15) is 8.42 Å². The van der Waals surface area contributed by atoms with Gasteiger partial charge in [0.05, 0.1) is 23.0 Å². The summed E-state index contributed by atoms with van der Waals surface area (Å²) in [6.45, 7) is 5.95. The van der Waals surface area contributed by atoms with Crippen molar-refractivity contribution >= 4 is 42.8 Å². The first-order valence-electron chi connectivity index (χ1n) is 10.8. The zero-order valence-electron chi connectivity index (χ0n) is 20.9. The second-order valence-electron chi connectivity index (χ2n) is 9.78. The van der Waals surface area contributed by atoms with Crippen molar-refractivity contribution in [1.29, 1.82) is 0 Å². The average Bonchev–Trinajstić information content (AvgIpc) is 2.72. The summed E-state index contributed by atoms with van der Waals surface area (Å²) in [5.41, 5.74) is -0.921. The molecule has 37 heavy (non-hydrogen) atoms. The maximum Gasteiger partial charge on any atom is 1.00 e. The summed E-state index contributed by atoms with van der Waals surface area (Å²) < 4.78 is 69.9. The molecule has 2 aromatic heterocycles. The predicted molar refractivity (Wildman–Crippen MR) is 133 cm³/mol. The van der Waals surface area contributed by atoms with Crippen LogP contribution in [0.15, 0.2) is 50.6 Å². The fourth-order valence-corrected chi connectivity index (χ4v) is 5.57. The summed E-state index contributed by atoms with van der Waals surface area (Å²) in [6, 6.07) is 6.18. The van der Waals surface area contributed by atoms with E-state index in [0.29, 0.717) is 6.42 Å². The standard InChI is InChI=1S/C23H25FN4O6S2.Na/c1-23(2,3)10-9-15-17-8-5-13(24)12-28(17)22(30)19(20(15)29)21-25-16-7-6-14(26-35(4,31)32)11-18(16)36(33,34)27-21;/h5-8,11-12,26,30H,9-10H2,1-4H3,(H,25,27);/q;+1/p-1. The molecule has 10 nitrogen and oxygen atoms in total. The summed E-state index contributed by atoms with van der Waals surface area (Å²) >= 11 is 0. The first-order valence-corrected chi connectivity index (χ1v) is 14.2. The van der Waals surface area contributed by atoms with Gasteiger partial charge in [-0.25, -0.2) is 12.8 Å². The van der Waals surface area contributed by atoms with Gasteiger partial charge in [0.15, 0.2) is 11.3 Å². The summed E-state index contributed by atoms with van der Waals surface area (Å²) in [5, 5.41) is 16.0. The molecule has 0 fully saturated rings. The summed E-state index contributed by atoms with van der Waals surface area (Å²) in [5.74, 6) is -2.12. The van der Waals surface area contributed by atoms with Gasteiger partial charge in [-0.1, -0.05) is 20.8 Å². The van der Waals surface area contributed by atoms with Crippen molar-refractivity contribution in [2.24, 2.45) is 9.81 Å². The predicted octanol–water partition coefficient (Wildman–Crippen LogP) is -0.573. The second kappa shape index (κ2) is 10.0. The number of rotatable bonds is 5. The van der Waals surface area contributed by atoms with E-state index in [4.69, 9.17) is 0 Å². The topological polar surface area (TPSA) is 149 Å². The molecule has 0 aliphatic carbocycles. The number of sulfonamides is 2. The molecule has 1 aliphatic heterocycles. The molecular weight excluding hydrogens is 534 g/mol. The Labute approximate surface area is 236 Å². The molecule has 0 saturated heterocycles. The molecule has 1 aliphatic rings. The second-order valence-corrected chi connectivity index (χ2v) is 13.1. The minimum Gasteiger partial charge on any atom is -0.859 e. The van der Waals surface area contributed by atoms with E-state index >= 15 is 0 Å². The van der Waals surface area contributed by atoms with Crippen LogP contribution in [0.4, 0.5) is 15.8 Å². The molecule has 14 heteroatoms.